The van der Waals surface area contributed by atoms with Gasteiger partial charge in [-0.1, -0.05) is 0 Å². The highest BCUT2D eigenvalue weighted by molar-refractivity contribution is 5.85. The number of hydrogen-bond acceptors (Lipinski definition) is 4. The summed E-state index contributed by atoms with van der Waals surface area (Å²) in [6.45, 7) is 11.3. The van der Waals surface area contributed by atoms with Crippen molar-refractivity contribution in [2.45, 2.75) is 45.7 Å². The second kappa shape index (κ2) is 9.92. The van der Waals surface area contributed by atoms with E-state index in [4.69, 9.17) is 0 Å². The summed E-state index contributed by atoms with van der Waals surface area (Å²) in [6, 6.07) is 0.172. The molecule has 2 saturated heterocycles. The lowest BCUT2D eigenvalue weighted by Crippen LogP contribution is -2.57. The maximum Gasteiger partial charge on any atom is 0.243 e. The number of carbonyl (C=O) groups excluding carboxylic acids is 2. The van der Waals surface area contributed by atoms with Gasteiger partial charge in [-0.3, -0.25) is 14.5 Å². The zero-order valence-corrected chi connectivity index (χ0v) is 17.6. The molecular formula is C19H36N6O2. The summed E-state index contributed by atoms with van der Waals surface area (Å²) < 4.78 is 0. The fraction of sp³-hybridized carbons (Fsp3) is 0.842. The van der Waals surface area contributed by atoms with Gasteiger partial charge >= 0.3 is 0 Å². The average Bonchev–Trinajstić information content (AvgIpc) is 3.18. The molecule has 2 heterocycles. The summed E-state index contributed by atoms with van der Waals surface area (Å²) in [4.78, 5) is 37.0. The topological polar surface area (TPSA) is 71.5 Å². The first kappa shape index (κ1) is 21.5. The molecule has 0 aromatic carbocycles. The normalized spacial score (nSPS) is 20.1. The molecule has 0 saturated carbocycles. The van der Waals surface area contributed by atoms with Gasteiger partial charge in [-0.25, -0.2) is 4.99 Å². The minimum Gasteiger partial charge on any atom is -0.354 e. The van der Waals surface area contributed by atoms with Crippen LogP contribution in [0.3, 0.4) is 0 Å². The monoisotopic (exact) mass is 380 g/mol. The highest BCUT2D eigenvalue weighted by Gasteiger charge is 2.30. The predicted octanol–water partition coefficient (Wildman–Crippen LogP) is 0.0571. The minimum atomic E-state index is -0.0704. The van der Waals surface area contributed by atoms with Crippen molar-refractivity contribution in [2.75, 3.05) is 59.9 Å². The zero-order chi connectivity index (χ0) is 20.0. The van der Waals surface area contributed by atoms with Crippen molar-refractivity contribution >= 4 is 17.8 Å². The van der Waals surface area contributed by atoms with E-state index in [9.17, 15) is 9.59 Å². The van der Waals surface area contributed by atoms with Crippen molar-refractivity contribution in [3.05, 3.63) is 0 Å². The van der Waals surface area contributed by atoms with Crippen molar-refractivity contribution in [3.63, 3.8) is 0 Å². The third kappa shape index (κ3) is 6.09. The van der Waals surface area contributed by atoms with Crippen LogP contribution in [0, 0.1) is 0 Å². The van der Waals surface area contributed by atoms with Gasteiger partial charge in [0.25, 0.3) is 0 Å². The van der Waals surface area contributed by atoms with E-state index in [2.05, 4.69) is 34.0 Å². The molecule has 2 fully saturated rings. The molecule has 27 heavy (non-hydrogen) atoms. The van der Waals surface area contributed by atoms with E-state index in [0.29, 0.717) is 0 Å². The predicted molar refractivity (Wildman–Crippen MR) is 108 cm³/mol. The van der Waals surface area contributed by atoms with Gasteiger partial charge in [0.1, 0.15) is 6.54 Å². The Bertz CT molecular complexity index is 534. The Morgan fingerprint density at radius 1 is 0.963 bits per heavy atom. The number of piperazine rings is 1. The third-order valence-corrected chi connectivity index (χ3v) is 5.22. The maximum atomic E-state index is 12.6. The molecule has 154 valence electrons. The largest absolute Gasteiger partial charge is 0.354 e. The minimum absolute atomic E-state index is 0.0125. The fourth-order valence-electron chi connectivity index (χ4n) is 3.46. The van der Waals surface area contributed by atoms with Crippen LogP contribution in [0.1, 0.15) is 33.6 Å². The Balaban J connectivity index is 1.92. The smallest absolute Gasteiger partial charge is 0.243 e. The lowest BCUT2D eigenvalue weighted by molar-refractivity contribution is -0.135. The van der Waals surface area contributed by atoms with Gasteiger partial charge in [0.15, 0.2) is 5.96 Å². The number of likely N-dealkylation sites (N-methyl/N-ethyl adjacent to an activating group) is 1. The first-order valence-corrected chi connectivity index (χ1v) is 10.1. The Morgan fingerprint density at radius 3 is 2.07 bits per heavy atom. The second-order valence-electron chi connectivity index (χ2n) is 7.96. The van der Waals surface area contributed by atoms with Crippen LogP contribution in [0.15, 0.2) is 4.99 Å². The van der Waals surface area contributed by atoms with Gasteiger partial charge in [0, 0.05) is 59.4 Å². The molecule has 0 aromatic heterocycles. The number of guanidine groups is 1. The van der Waals surface area contributed by atoms with Gasteiger partial charge < -0.3 is 20.0 Å². The van der Waals surface area contributed by atoms with E-state index in [1.807, 2.05) is 11.8 Å². The van der Waals surface area contributed by atoms with Crippen molar-refractivity contribution in [2.24, 2.45) is 4.99 Å². The van der Waals surface area contributed by atoms with Gasteiger partial charge in [-0.2, -0.15) is 0 Å². The van der Waals surface area contributed by atoms with Crippen LogP contribution in [0.2, 0.25) is 0 Å². The lowest BCUT2D eigenvalue weighted by Gasteiger charge is -2.40. The summed E-state index contributed by atoms with van der Waals surface area (Å²) in [7, 11) is 3.48. The number of nitrogens with one attached hydrogen (secondary N) is 1. The van der Waals surface area contributed by atoms with Crippen molar-refractivity contribution in [1.29, 1.82) is 0 Å². The SMILES string of the molecule is CC(C)NC(=NCC(=O)N(C)C)N1CCN(C(C)C(=O)N2CCCC2)CC1. The quantitative estimate of drug-likeness (QED) is 0.539. The number of likely N-dealkylation sites (tertiary alicyclic amines) is 1. The molecule has 0 spiro atoms. The van der Waals surface area contributed by atoms with Gasteiger partial charge in [0.05, 0.1) is 6.04 Å². The van der Waals surface area contributed by atoms with E-state index in [-0.39, 0.29) is 30.4 Å². The number of amides is 2. The van der Waals surface area contributed by atoms with Crippen LogP contribution in [0.5, 0.6) is 0 Å². The van der Waals surface area contributed by atoms with Crippen LogP contribution in [-0.2, 0) is 9.59 Å². The molecule has 0 aromatic rings. The molecule has 1 unspecified atom stereocenters. The first-order chi connectivity index (χ1) is 12.8. The lowest BCUT2D eigenvalue weighted by atomic mass is 10.2. The van der Waals surface area contributed by atoms with Crippen LogP contribution >= 0.6 is 0 Å². The molecule has 2 rings (SSSR count). The second-order valence-corrected chi connectivity index (χ2v) is 7.96. The molecule has 0 aliphatic carbocycles. The van der Waals surface area contributed by atoms with Crippen molar-refractivity contribution < 1.29 is 9.59 Å². The molecule has 1 atom stereocenters. The number of nitrogens with zero attached hydrogens (tertiary/aromatic N) is 5. The first-order valence-electron chi connectivity index (χ1n) is 10.1. The van der Waals surface area contributed by atoms with E-state index < -0.39 is 0 Å². The van der Waals surface area contributed by atoms with E-state index in [1.54, 1.807) is 19.0 Å². The number of hydrogen-bond donors (Lipinski definition) is 1. The number of rotatable bonds is 5. The molecule has 0 bridgehead atoms. The number of aliphatic imine (C=N–C) groups is 1. The maximum absolute atomic E-state index is 12.6. The molecule has 8 heteroatoms. The highest BCUT2D eigenvalue weighted by Crippen LogP contribution is 2.14. The van der Waals surface area contributed by atoms with Crippen LogP contribution in [0.4, 0.5) is 0 Å². The third-order valence-electron chi connectivity index (χ3n) is 5.22. The zero-order valence-electron chi connectivity index (χ0n) is 17.6. The highest BCUT2D eigenvalue weighted by atomic mass is 16.2. The summed E-state index contributed by atoms with van der Waals surface area (Å²) in [5.41, 5.74) is 0. The van der Waals surface area contributed by atoms with Crippen molar-refractivity contribution in [3.8, 4) is 0 Å². The summed E-state index contributed by atoms with van der Waals surface area (Å²) >= 11 is 0. The number of carbonyl (C=O) groups is 2. The molecule has 2 aliphatic heterocycles. The van der Waals surface area contributed by atoms with E-state index in [1.165, 1.54) is 0 Å². The van der Waals surface area contributed by atoms with Crippen molar-refractivity contribution in [1.82, 2.24) is 24.9 Å². The van der Waals surface area contributed by atoms with E-state index >= 15 is 0 Å². The molecule has 0 radical (unpaired) electrons. The summed E-state index contributed by atoms with van der Waals surface area (Å²) in [6.07, 6.45) is 2.25. The Labute approximate surface area is 163 Å². The standard InChI is InChI=1S/C19H36N6O2/c1-15(2)21-19(20-14-17(26)22(4)5)25-12-10-23(11-13-25)16(3)18(27)24-8-6-7-9-24/h15-16H,6-14H2,1-5H3,(H,20,21). The van der Waals surface area contributed by atoms with Crippen LogP contribution in [0.25, 0.3) is 0 Å². The molecule has 2 amide bonds. The van der Waals surface area contributed by atoms with Gasteiger partial charge in [-0.15, -0.1) is 0 Å². The Kier molecular flexibility index (Phi) is 7.89. The van der Waals surface area contributed by atoms with Crippen LogP contribution in [-0.4, -0.2) is 109 Å². The molecule has 2 aliphatic rings. The Morgan fingerprint density at radius 2 is 1.56 bits per heavy atom. The van der Waals surface area contributed by atoms with Gasteiger partial charge in [0.2, 0.25) is 11.8 Å². The van der Waals surface area contributed by atoms with Crippen LogP contribution < -0.4 is 5.32 Å². The van der Waals surface area contributed by atoms with E-state index in [0.717, 1.165) is 58.1 Å². The molecule has 1 N–H and O–H groups in total. The average molecular weight is 381 g/mol. The molecule has 8 nitrogen and oxygen atoms in total. The molecular weight excluding hydrogens is 344 g/mol. The Hall–Kier alpha value is -1.83. The fourth-order valence-corrected chi connectivity index (χ4v) is 3.46. The summed E-state index contributed by atoms with van der Waals surface area (Å²) in [5, 5.41) is 3.37. The summed E-state index contributed by atoms with van der Waals surface area (Å²) in [5.74, 6) is 1.02. The van der Waals surface area contributed by atoms with Gasteiger partial charge in [-0.05, 0) is 33.6 Å².